The summed E-state index contributed by atoms with van der Waals surface area (Å²) >= 11 is 0. The monoisotopic (exact) mass is 1410 g/mol. The third kappa shape index (κ3) is 22.5. The zero-order chi connectivity index (χ0) is 51.7. The van der Waals surface area contributed by atoms with Gasteiger partial charge in [-0.2, -0.15) is 0 Å². The molecular weight excluding hydrogens is 1350 g/mol. The minimum atomic E-state index is -0.988. The Hall–Kier alpha value is -4.79. The van der Waals surface area contributed by atoms with Crippen LogP contribution in [0.2, 0.25) is 0 Å². The zero-order valence-corrected chi connectivity index (χ0v) is 55.9. The first kappa shape index (κ1) is 74.3. The van der Waals surface area contributed by atoms with E-state index in [9.17, 15) is 0 Å². The van der Waals surface area contributed by atoms with E-state index in [4.69, 9.17) is 0 Å². The van der Waals surface area contributed by atoms with Crippen molar-refractivity contribution in [3.8, 4) is 0 Å². The summed E-state index contributed by atoms with van der Waals surface area (Å²) in [5.41, 5.74) is 4.74. The van der Waals surface area contributed by atoms with Gasteiger partial charge in [0.1, 0.15) is 74.1 Å². The molecule has 0 saturated heterocycles. The molecule has 0 aliphatic carbocycles. The molecule has 83 heavy (non-hydrogen) atoms. The molecule has 8 aromatic carbocycles. The maximum Gasteiger partial charge on any atom is 4.00 e. The van der Waals surface area contributed by atoms with Gasteiger partial charge in [0.15, 0.2) is 21.7 Å². The number of benzene rings is 8. The van der Waals surface area contributed by atoms with Gasteiger partial charge in [-0.15, -0.1) is 0 Å². The molecule has 12 rings (SSSR count). The Balaban J connectivity index is 0.000000367. The van der Waals surface area contributed by atoms with Gasteiger partial charge in [-0.25, -0.2) is 19.9 Å². The molecule has 0 fully saturated rings. The first-order valence-electron chi connectivity index (χ1n) is 25.4. The Kier molecular flexibility index (Phi) is 37.7. The van der Waals surface area contributed by atoms with Gasteiger partial charge in [-0.05, 0) is 121 Å². The molecular formula is C68H60Cu2MoN4P4S4+4. The SMILES string of the molecule is [Cu+2].[Cu+2].[Mo+4].[S-2].[S-2].[S-2].[S-2].c1ccc([PH+](c2ccccc2)c2ccccn2)cc1.c1ccc([PH+](c2ccccc2)c2ccccn2)cc1.c1ccc([PH+](c2ccccc2)c2ccccn2)cc1.c1ccc([PH+](c2ccccc2)c2ccccn2)cc1. The normalized spacial score (nSPS) is 9.69. The van der Waals surface area contributed by atoms with Crippen molar-refractivity contribution in [2.75, 3.05) is 0 Å². The molecule has 0 saturated carbocycles. The van der Waals surface area contributed by atoms with Gasteiger partial charge < -0.3 is 54.0 Å². The Morgan fingerprint density at radius 3 is 0.398 bits per heavy atom. The fourth-order valence-corrected chi connectivity index (χ4v) is 18.5. The second kappa shape index (κ2) is 42.1. The Labute approximate surface area is 559 Å². The quantitative estimate of drug-likeness (QED) is 0.0904. The third-order valence-corrected chi connectivity index (χ3v) is 22.7. The summed E-state index contributed by atoms with van der Waals surface area (Å²) in [5.74, 6) is 0. The van der Waals surface area contributed by atoms with Gasteiger partial charge in [0.25, 0.3) is 0 Å². The van der Waals surface area contributed by atoms with E-state index in [0.717, 1.165) is 0 Å². The first-order valence-corrected chi connectivity index (χ1v) is 31.4. The van der Waals surface area contributed by atoms with Crippen molar-refractivity contribution < 1.29 is 55.2 Å². The van der Waals surface area contributed by atoms with Crippen LogP contribution in [0.5, 0.6) is 0 Å². The minimum Gasteiger partial charge on any atom is -2.00 e. The molecule has 0 spiro atoms. The topological polar surface area (TPSA) is 51.6 Å². The van der Waals surface area contributed by atoms with Gasteiger partial charge in [0.05, 0.1) is 0 Å². The van der Waals surface area contributed by atoms with Crippen LogP contribution in [0.25, 0.3) is 0 Å². The fraction of sp³-hybridized carbons (Fsp3) is 0. The van der Waals surface area contributed by atoms with E-state index in [-0.39, 0.29) is 109 Å². The fourth-order valence-electron chi connectivity index (χ4n) is 8.73. The Bertz CT molecular complexity index is 2640. The largest absolute Gasteiger partial charge is 4.00 e. The van der Waals surface area contributed by atoms with Gasteiger partial charge in [-0.1, -0.05) is 170 Å². The average Bonchev–Trinajstić information content (AvgIpc) is 3.54. The van der Waals surface area contributed by atoms with E-state index < -0.39 is 31.7 Å². The van der Waals surface area contributed by atoms with E-state index in [0.29, 0.717) is 0 Å². The molecule has 4 nitrogen and oxygen atoms in total. The van der Waals surface area contributed by atoms with Gasteiger partial charge in [0, 0.05) is 49.1 Å². The molecule has 0 amide bonds. The molecule has 15 heteroatoms. The van der Waals surface area contributed by atoms with Crippen LogP contribution < -0.4 is 64.2 Å². The molecule has 0 atom stereocenters. The van der Waals surface area contributed by atoms with E-state index in [1.807, 2.05) is 49.1 Å². The maximum absolute atomic E-state index is 4.58. The summed E-state index contributed by atoms with van der Waals surface area (Å²) in [5, 5.41) is 11.0. The molecule has 0 bridgehead atoms. The van der Waals surface area contributed by atoms with Crippen molar-refractivity contribution in [3.63, 3.8) is 0 Å². The Morgan fingerprint density at radius 1 is 0.169 bits per heavy atom. The van der Waals surface area contributed by atoms with Crippen LogP contribution in [0.1, 0.15) is 0 Å². The first-order chi connectivity index (χ1) is 37.8. The summed E-state index contributed by atoms with van der Waals surface area (Å²) < 4.78 is 0. The summed E-state index contributed by atoms with van der Waals surface area (Å²) in [4.78, 5) is 18.3. The van der Waals surface area contributed by atoms with Crippen LogP contribution in [0.3, 0.4) is 0 Å². The predicted molar refractivity (Wildman–Crippen MR) is 367 cm³/mol. The molecule has 0 aliphatic rings. The minimum absolute atomic E-state index is 0. The molecule has 420 valence electrons. The van der Waals surface area contributed by atoms with Crippen LogP contribution in [0, 0.1) is 0 Å². The average molecular weight is 1410 g/mol. The van der Waals surface area contributed by atoms with Gasteiger partial charge in [0.2, 0.25) is 0 Å². The number of aromatic nitrogens is 4. The molecule has 0 unspecified atom stereocenters. The standard InChI is InChI=1S/4C17H14NP.2Cu.Mo.4S/c4*1-3-9-15(10-4-1)19(16-11-5-2-6-12-16)17-13-7-8-14-18-17;;;;;;;/h4*1-14H;;;;;;;/q;;;;2*+2;+4;4*-2/p+4. The third-order valence-electron chi connectivity index (χ3n) is 12.2. The van der Waals surface area contributed by atoms with Gasteiger partial charge in [-0.3, -0.25) is 0 Å². The number of nitrogens with zero attached hydrogens (tertiary/aromatic N) is 4. The molecule has 12 aromatic rings. The van der Waals surface area contributed by atoms with Crippen LogP contribution in [0.4, 0.5) is 0 Å². The van der Waals surface area contributed by atoms with E-state index in [1.165, 1.54) is 64.2 Å². The number of hydrogen-bond donors (Lipinski definition) is 0. The summed E-state index contributed by atoms with van der Waals surface area (Å²) in [6.07, 6.45) is 7.52. The summed E-state index contributed by atoms with van der Waals surface area (Å²) in [7, 11) is -3.95. The van der Waals surface area contributed by atoms with Gasteiger partial charge >= 0.3 is 55.2 Å². The van der Waals surface area contributed by atoms with Crippen molar-refractivity contribution in [2.45, 2.75) is 0 Å². The summed E-state index contributed by atoms with van der Waals surface area (Å²) in [6.45, 7) is 0. The smallest absolute Gasteiger partial charge is 2.00 e. The second-order valence-electron chi connectivity index (χ2n) is 17.3. The molecule has 0 N–H and O–H groups in total. The molecule has 0 aliphatic heterocycles. The van der Waals surface area contributed by atoms with Crippen molar-refractivity contribution in [1.29, 1.82) is 0 Å². The second-order valence-corrected chi connectivity index (χ2v) is 27.0. The van der Waals surface area contributed by atoms with Crippen molar-refractivity contribution in [1.82, 2.24) is 19.9 Å². The maximum atomic E-state index is 4.58. The molecule has 4 aromatic heterocycles. The number of pyridine rings is 4. The van der Waals surface area contributed by atoms with Crippen molar-refractivity contribution in [3.05, 3.63) is 340 Å². The van der Waals surface area contributed by atoms with Crippen LogP contribution in [-0.2, 0) is 109 Å². The van der Waals surface area contributed by atoms with E-state index >= 15 is 0 Å². The van der Waals surface area contributed by atoms with Crippen molar-refractivity contribution >= 4 is 150 Å². The van der Waals surface area contributed by atoms with Crippen LogP contribution in [-0.4, -0.2) is 19.9 Å². The zero-order valence-electron chi connectivity index (χ0n) is 44.8. The molecule has 2 radical (unpaired) electrons. The Morgan fingerprint density at radius 2 is 0.289 bits per heavy atom. The summed E-state index contributed by atoms with van der Waals surface area (Å²) in [6, 6.07) is 110. The van der Waals surface area contributed by atoms with E-state index in [2.05, 4.69) is 311 Å². The number of rotatable bonds is 12. The molecule has 4 heterocycles. The van der Waals surface area contributed by atoms with Crippen molar-refractivity contribution in [2.24, 2.45) is 0 Å². The van der Waals surface area contributed by atoms with Crippen LogP contribution in [0.15, 0.2) is 340 Å². The predicted octanol–water partition coefficient (Wildman–Crippen LogP) is 10.3. The van der Waals surface area contributed by atoms with Crippen LogP contribution >= 0.6 is 31.7 Å². The van der Waals surface area contributed by atoms with E-state index in [1.54, 1.807) is 0 Å². The number of hydrogen-bond acceptors (Lipinski definition) is 4.